The second-order valence-electron chi connectivity index (χ2n) is 8.45. The van der Waals surface area contributed by atoms with Gasteiger partial charge in [-0.15, -0.1) is 0 Å². The Kier molecular flexibility index (Phi) is 9.06. The van der Waals surface area contributed by atoms with Crippen molar-refractivity contribution in [2.24, 2.45) is 5.92 Å². The molecule has 0 fully saturated rings. The standard InChI is InChI=1S/C27H30FNO6S/c1-18-9-15-23(16-10-18)36(31,32)29-27(30)26(28)35-20(3)19(2)17-34-22-13-11-21(12-14-22)24-7-5-6-8-25(24)33-4/h5-16,19-20,26H,17H2,1-4H3,(H,29,30). The number of halogens is 1. The van der Waals surface area contributed by atoms with Gasteiger partial charge < -0.3 is 14.2 Å². The van der Waals surface area contributed by atoms with Crippen molar-refractivity contribution in [3.63, 3.8) is 0 Å². The maximum absolute atomic E-state index is 14.4. The first-order chi connectivity index (χ1) is 17.1. The van der Waals surface area contributed by atoms with Crippen molar-refractivity contribution in [3.8, 4) is 22.6 Å². The monoisotopic (exact) mass is 515 g/mol. The third-order valence-corrected chi connectivity index (χ3v) is 7.06. The Bertz CT molecular complexity index is 1260. The molecule has 0 spiro atoms. The van der Waals surface area contributed by atoms with Gasteiger partial charge in [0.05, 0.1) is 24.7 Å². The zero-order valence-corrected chi connectivity index (χ0v) is 21.4. The molecular formula is C27H30FNO6S. The van der Waals surface area contributed by atoms with Gasteiger partial charge in [-0.3, -0.25) is 4.79 Å². The summed E-state index contributed by atoms with van der Waals surface area (Å²) < 4.78 is 57.0. The highest BCUT2D eigenvalue weighted by Gasteiger charge is 2.28. The summed E-state index contributed by atoms with van der Waals surface area (Å²) in [5.41, 5.74) is 2.78. The van der Waals surface area contributed by atoms with Crippen LogP contribution in [0.3, 0.4) is 0 Å². The van der Waals surface area contributed by atoms with E-state index in [-0.39, 0.29) is 17.4 Å². The highest BCUT2D eigenvalue weighted by atomic mass is 32.2. The number of para-hydroxylation sites is 1. The SMILES string of the molecule is COc1ccccc1-c1ccc(OCC(C)C(C)OC(F)C(=O)NS(=O)(=O)c2ccc(C)cc2)cc1. The molecule has 0 aromatic heterocycles. The summed E-state index contributed by atoms with van der Waals surface area (Å²) in [6.07, 6.45) is -3.18. The molecule has 3 rings (SSSR count). The van der Waals surface area contributed by atoms with Gasteiger partial charge in [0.1, 0.15) is 11.5 Å². The van der Waals surface area contributed by atoms with Gasteiger partial charge in [-0.25, -0.2) is 17.5 Å². The summed E-state index contributed by atoms with van der Waals surface area (Å²) >= 11 is 0. The molecule has 192 valence electrons. The maximum atomic E-state index is 14.4. The number of carbonyl (C=O) groups excluding carboxylic acids is 1. The van der Waals surface area contributed by atoms with Crippen LogP contribution in [-0.2, 0) is 19.6 Å². The average Bonchev–Trinajstić information content (AvgIpc) is 2.87. The molecule has 0 saturated heterocycles. The molecule has 0 bridgehead atoms. The predicted octanol–water partition coefficient (Wildman–Crippen LogP) is 4.89. The van der Waals surface area contributed by atoms with Gasteiger partial charge in [0.25, 0.3) is 22.3 Å². The lowest BCUT2D eigenvalue weighted by Crippen LogP contribution is -2.40. The number of carbonyl (C=O) groups is 1. The smallest absolute Gasteiger partial charge is 0.295 e. The number of rotatable bonds is 11. The predicted molar refractivity (Wildman–Crippen MR) is 135 cm³/mol. The largest absolute Gasteiger partial charge is 0.496 e. The molecule has 36 heavy (non-hydrogen) atoms. The number of hydrogen-bond donors (Lipinski definition) is 1. The first-order valence-electron chi connectivity index (χ1n) is 11.4. The molecule has 7 nitrogen and oxygen atoms in total. The fourth-order valence-corrected chi connectivity index (χ4v) is 4.29. The first-order valence-corrected chi connectivity index (χ1v) is 12.9. The maximum Gasteiger partial charge on any atom is 0.295 e. The number of ether oxygens (including phenoxy) is 3. The van der Waals surface area contributed by atoms with Crippen molar-refractivity contribution in [2.75, 3.05) is 13.7 Å². The minimum atomic E-state index is -4.20. The summed E-state index contributed by atoms with van der Waals surface area (Å²) in [5, 5.41) is 0. The third-order valence-electron chi connectivity index (χ3n) is 5.69. The molecule has 3 atom stereocenters. The summed E-state index contributed by atoms with van der Waals surface area (Å²) in [5.74, 6) is -0.296. The molecule has 0 aliphatic carbocycles. The van der Waals surface area contributed by atoms with E-state index in [0.717, 1.165) is 22.4 Å². The van der Waals surface area contributed by atoms with Crippen molar-refractivity contribution >= 4 is 15.9 Å². The van der Waals surface area contributed by atoms with Gasteiger partial charge >= 0.3 is 0 Å². The van der Waals surface area contributed by atoms with Crippen molar-refractivity contribution < 1.29 is 31.8 Å². The van der Waals surface area contributed by atoms with Crippen molar-refractivity contribution in [1.29, 1.82) is 0 Å². The molecule has 0 heterocycles. The van der Waals surface area contributed by atoms with Gasteiger partial charge in [-0.2, -0.15) is 0 Å². The number of alkyl halides is 1. The van der Waals surface area contributed by atoms with Crippen LogP contribution in [-0.4, -0.2) is 40.5 Å². The van der Waals surface area contributed by atoms with E-state index in [9.17, 15) is 17.6 Å². The fourth-order valence-electron chi connectivity index (χ4n) is 3.32. The molecule has 9 heteroatoms. The minimum absolute atomic E-state index is 0.139. The number of sulfonamides is 1. The van der Waals surface area contributed by atoms with Crippen LogP contribution in [0.5, 0.6) is 11.5 Å². The quantitative estimate of drug-likeness (QED) is 0.391. The zero-order valence-electron chi connectivity index (χ0n) is 20.6. The lowest BCUT2D eigenvalue weighted by molar-refractivity contribution is -0.153. The minimum Gasteiger partial charge on any atom is -0.496 e. The van der Waals surface area contributed by atoms with Gasteiger partial charge in [0.15, 0.2) is 0 Å². The molecule has 0 radical (unpaired) electrons. The summed E-state index contributed by atoms with van der Waals surface area (Å²) in [7, 11) is -2.58. The molecule has 0 aliphatic rings. The van der Waals surface area contributed by atoms with Crippen LogP contribution in [0, 0.1) is 12.8 Å². The van der Waals surface area contributed by atoms with E-state index < -0.39 is 28.4 Å². The molecule has 0 saturated carbocycles. The summed E-state index contributed by atoms with van der Waals surface area (Å²) in [6, 6.07) is 21.0. The topological polar surface area (TPSA) is 90.9 Å². The van der Waals surface area contributed by atoms with Gasteiger partial charge in [0, 0.05) is 11.5 Å². The van der Waals surface area contributed by atoms with Crippen molar-refractivity contribution in [3.05, 3.63) is 78.4 Å². The second-order valence-corrected chi connectivity index (χ2v) is 10.1. The number of amides is 1. The fraction of sp³-hybridized carbons (Fsp3) is 0.296. The average molecular weight is 516 g/mol. The van der Waals surface area contributed by atoms with E-state index in [1.807, 2.05) is 48.5 Å². The highest BCUT2D eigenvalue weighted by molar-refractivity contribution is 7.90. The van der Waals surface area contributed by atoms with Crippen LogP contribution < -0.4 is 14.2 Å². The van der Waals surface area contributed by atoms with Gasteiger partial charge in [-0.05, 0) is 49.7 Å². The van der Waals surface area contributed by atoms with Crippen molar-refractivity contribution in [2.45, 2.75) is 38.1 Å². The van der Waals surface area contributed by atoms with Crippen molar-refractivity contribution in [1.82, 2.24) is 4.72 Å². The van der Waals surface area contributed by atoms with Crippen LogP contribution in [0.15, 0.2) is 77.7 Å². The van der Waals surface area contributed by atoms with E-state index >= 15 is 0 Å². The van der Waals surface area contributed by atoms with Gasteiger partial charge in [-0.1, -0.05) is 55.0 Å². The normalized spacial score (nSPS) is 13.9. The molecule has 3 aromatic rings. The van der Waals surface area contributed by atoms with Gasteiger partial charge in [0.2, 0.25) is 0 Å². The molecular weight excluding hydrogens is 485 g/mol. The van der Waals surface area contributed by atoms with Crippen LogP contribution in [0.4, 0.5) is 4.39 Å². The van der Waals surface area contributed by atoms with E-state index in [4.69, 9.17) is 14.2 Å². The number of nitrogens with one attached hydrogen (secondary N) is 1. The van der Waals surface area contributed by atoms with Crippen LogP contribution in [0.1, 0.15) is 19.4 Å². The Hall–Kier alpha value is -3.43. The molecule has 1 N–H and O–H groups in total. The molecule has 0 aliphatic heterocycles. The van der Waals surface area contributed by atoms with Crippen LogP contribution >= 0.6 is 0 Å². The molecule has 1 amide bonds. The Morgan fingerprint density at radius 1 is 0.972 bits per heavy atom. The molecule has 3 unspecified atom stereocenters. The Balaban J connectivity index is 1.51. The lowest BCUT2D eigenvalue weighted by Gasteiger charge is -2.22. The van der Waals surface area contributed by atoms with E-state index in [1.54, 1.807) is 44.7 Å². The number of methoxy groups -OCH3 is 1. The Morgan fingerprint density at radius 2 is 1.61 bits per heavy atom. The number of aryl methyl sites for hydroxylation is 1. The second kappa shape index (κ2) is 12.0. The molecule has 3 aromatic carbocycles. The highest BCUT2D eigenvalue weighted by Crippen LogP contribution is 2.30. The van der Waals surface area contributed by atoms with E-state index in [1.165, 1.54) is 12.1 Å². The van der Waals surface area contributed by atoms with Crippen LogP contribution in [0.2, 0.25) is 0 Å². The van der Waals surface area contributed by atoms with Crippen LogP contribution in [0.25, 0.3) is 11.1 Å². The Morgan fingerprint density at radius 3 is 2.25 bits per heavy atom. The lowest BCUT2D eigenvalue weighted by atomic mass is 10.0. The zero-order chi connectivity index (χ0) is 26.3. The summed E-state index contributed by atoms with van der Waals surface area (Å²) in [6.45, 7) is 5.36. The third kappa shape index (κ3) is 7.05. The van der Waals surface area contributed by atoms with E-state index in [0.29, 0.717) is 5.75 Å². The Labute approximate surface area is 211 Å². The first kappa shape index (κ1) is 27.2. The summed E-state index contributed by atoms with van der Waals surface area (Å²) in [4.78, 5) is 12.0. The number of hydrogen-bond acceptors (Lipinski definition) is 6. The van der Waals surface area contributed by atoms with E-state index in [2.05, 4.69) is 0 Å². The number of benzene rings is 3.